The Kier molecular flexibility index (Phi) is 8.87. The van der Waals surface area contributed by atoms with Gasteiger partial charge < -0.3 is 35.1 Å². The van der Waals surface area contributed by atoms with Crippen molar-refractivity contribution in [3.8, 4) is 0 Å². The van der Waals surface area contributed by atoms with Crippen LogP contribution >= 0.6 is 7.92 Å². The smallest absolute Gasteiger partial charge is 0.157 e. The molecule has 1 aliphatic rings. The molecule has 0 spiro atoms. The van der Waals surface area contributed by atoms with Crippen molar-refractivity contribution >= 4 is 29.7 Å². The van der Waals surface area contributed by atoms with E-state index in [0.29, 0.717) is 6.61 Å². The molecule has 0 amide bonds. The van der Waals surface area contributed by atoms with E-state index in [2.05, 4.69) is 99.6 Å². The second-order valence-corrected chi connectivity index (χ2v) is 11.1. The van der Waals surface area contributed by atoms with Gasteiger partial charge in [0.15, 0.2) is 5.90 Å². The van der Waals surface area contributed by atoms with Gasteiger partial charge in [0, 0.05) is 17.1 Å². The quantitative estimate of drug-likeness (QED) is 0.201. The number of rotatable bonds is 4. The zero-order chi connectivity index (χ0) is 22.4. The van der Waals surface area contributed by atoms with Gasteiger partial charge in [-0.05, 0) is 23.9 Å². The van der Waals surface area contributed by atoms with Crippen LogP contribution in [0.5, 0.6) is 0 Å². The molecule has 0 saturated heterocycles. The van der Waals surface area contributed by atoms with Gasteiger partial charge in [0.25, 0.3) is 0 Å². The van der Waals surface area contributed by atoms with Crippen LogP contribution in [0.25, 0.3) is 0 Å². The van der Waals surface area contributed by atoms with E-state index in [0.717, 1.165) is 11.5 Å². The number of hydrogen-bond acceptors (Lipinski definition) is 2. The summed E-state index contributed by atoms with van der Waals surface area (Å²) in [4.78, 5) is 4.94. The molecule has 0 bridgehead atoms. The summed E-state index contributed by atoms with van der Waals surface area (Å²) in [6, 6.07) is 38.3. The van der Waals surface area contributed by atoms with Crippen LogP contribution in [0.3, 0.4) is 0 Å². The second-order valence-electron chi connectivity index (χ2n) is 8.92. The van der Waals surface area contributed by atoms with E-state index in [9.17, 15) is 0 Å². The van der Waals surface area contributed by atoms with Gasteiger partial charge in [0.2, 0.25) is 0 Å². The van der Waals surface area contributed by atoms with Crippen molar-refractivity contribution in [2.75, 3.05) is 6.61 Å². The number of aliphatic imine (C=N–C) groups is 1. The van der Waals surface area contributed by atoms with E-state index in [1.165, 1.54) is 15.9 Å². The van der Waals surface area contributed by atoms with Crippen molar-refractivity contribution in [1.82, 2.24) is 0 Å². The van der Waals surface area contributed by atoms with E-state index in [1.54, 1.807) is 0 Å². The average molecular weight is 495 g/mol. The summed E-state index contributed by atoms with van der Waals surface area (Å²) >= 11 is 0. The zero-order valence-electron chi connectivity index (χ0n) is 19.3. The fourth-order valence-corrected chi connectivity index (χ4v) is 6.09. The Hall–Kier alpha value is -2.44. The third-order valence-corrected chi connectivity index (χ3v) is 8.00. The number of hydrogen-bond donors (Lipinski definition) is 0. The molecule has 5 rings (SSSR count). The van der Waals surface area contributed by atoms with Crippen molar-refractivity contribution in [3.05, 3.63) is 115 Å². The van der Waals surface area contributed by atoms with E-state index >= 15 is 0 Å². The van der Waals surface area contributed by atoms with E-state index in [4.69, 9.17) is 9.73 Å². The standard InChI is InChI=1S/C24H25NOP.C5H5.Fe/c1-24(2,3)22-17-26-23(25-22)20-15-10-16-21(20)27(18-11-6-4-7-12-18)19-13-8-5-9-14-19;1-2-4-5-3-1;/h4-16,22H,17H2,1-3H3;1-5H;/q-1;-5;. The molecule has 1 unspecified atom stereocenters. The first-order chi connectivity index (χ1) is 15.5. The van der Waals surface area contributed by atoms with Gasteiger partial charge in [-0.2, -0.15) is 6.07 Å². The molecule has 0 N–H and O–H groups in total. The van der Waals surface area contributed by atoms with Crippen molar-refractivity contribution < 1.29 is 21.8 Å². The maximum absolute atomic E-state index is 6.06. The van der Waals surface area contributed by atoms with Gasteiger partial charge in [0.05, 0.1) is 6.04 Å². The normalized spacial score (nSPS) is 15.2. The first-order valence-electron chi connectivity index (χ1n) is 11.1. The summed E-state index contributed by atoms with van der Waals surface area (Å²) < 4.78 is 6.06. The molecule has 0 aliphatic carbocycles. The molecular weight excluding hydrogens is 465 g/mol. The van der Waals surface area contributed by atoms with Gasteiger partial charge in [-0.1, -0.05) is 87.0 Å². The van der Waals surface area contributed by atoms with Crippen LogP contribution in [0.1, 0.15) is 26.3 Å². The molecular formula is C29H30FeNOP-6. The van der Waals surface area contributed by atoms with E-state index in [-0.39, 0.29) is 28.5 Å². The second kappa shape index (κ2) is 11.6. The number of ether oxygens (including phenoxy) is 1. The van der Waals surface area contributed by atoms with Crippen molar-refractivity contribution in [1.29, 1.82) is 0 Å². The van der Waals surface area contributed by atoms with Crippen molar-refractivity contribution in [2.24, 2.45) is 10.4 Å². The Morgan fingerprint density at radius 3 is 1.79 bits per heavy atom. The van der Waals surface area contributed by atoms with Crippen LogP contribution in [-0.2, 0) is 21.8 Å². The summed E-state index contributed by atoms with van der Waals surface area (Å²) in [7, 11) is -0.649. The molecule has 0 fully saturated rings. The fraction of sp³-hybridized carbons (Fsp3) is 0.207. The van der Waals surface area contributed by atoms with E-state index in [1.807, 2.05) is 30.3 Å². The van der Waals surface area contributed by atoms with Gasteiger partial charge in [-0.3, -0.25) is 4.99 Å². The summed E-state index contributed by atoms with van der Waals surface area (Å²) in [5, 5.41) is 4.00. The minimum atomic E-state index is -0.649. The predicted molar refractivity (Wildman–Crippen MR) is 139 cm³/mol. The van der Waals surface area contributed by atoms with Gasteiger partial charge in [-0.15, -0.1) is 5.30 Å². The molecule has 2 nitrogen and oxygen atoms in total. The third kappa shape index (κ3) is 6.33. The molecule has 4 aromatic carbocycles. The van der Waals surface area contributed by atoms with Crippen LogP contribution < -0.4 is 15.9 Å². The number of benzene rings is 2. The maximum atomic E-state index is 6.06. The first-order valence-corrected chi connectivity index (χ1v) is 12.4. The molecule has 33 heavy (non-hydrogen) atoms. The monoisotopic (exact) mass is 495 g/mol. The average Bonchev–Trinajstić information content (AvgIpc) is 3.58. The van der Waals surface area contributed by atoms with Crippen molar-refractivity contribution in [3.63, 3.8) is 0 Å². The van der Waals surface area contributed by atoms with E-state index < -0.39 is 7.92 Å². The Morgan fingerprint density at radius 1 is 0.818 bits per heavy atom. The van der Waals surface area contributed by atoms with Crippen LogP contribution in [-0.4, -0.2) is 18.5 Å². The van der Waals surface area contributed by atoms with Crippen LogP contribution in [0.2, 0.25) is 0 Å². The summed E-state index contributed by atoms with van der Waals surface area (Å²) in [6.07, 6.45) is 0. The molecule has 1 heterocycles. The molecule has 176 valence electrons. The third-order valence-electron chi connectivity index (χ3n) is 5.50. The fourth-order valence-electron chi connectivity index (χ4n) is 3.65. The van der Waals surface area contributed by atoms with Gasteiger partial charge in [0.1, 0.15) is 6.61 Å². The van der Waals surface area contributed by atoms with Crippen LogP contribution in [0.15, 0.2) is 114 Å². The maximum Gasteiger partial charge on any atom is 0.157 e. The summed E-state index contributed by atoms with van der Waals surface area (Å²) in [5.74, 6) is 0.800. The molecule has 1 atom stereocenters. The topological polar surface area (TPSA) is 21.6 Å². The first kappa shape index (κ1) is 25.2. The summed E-state index contributed by atoms with van der Waals surface area (Å²) in [6.45, 7) is 7.33. The Bertz CT molecular complexity index is 1050. The molecule has 0 aromatic heterocycles. The van der Waals surface area contributed by atoms with Gasteiger partial charge >= 0.3 is 0 Å². The van der Waals surface area contributed by atoms with Crippen LogP contribution in [0.4, 0.5) is 0 Å². The summed E-state index contributed by atoms with van der Waals surface area (Å²) in [5.41, 5.74) is 1.25. The zero-order valence-corrected chi connectivity index (χ0v) is 21.3. The molecule has 4 aromatic rings. The molecule has 1 aliphatic heterocycles. The Morgan fingerprint density at radius 2 is 1.33 bits per heavy atom. The Balaban J connectivity index is 0.000000453. The van der Waals surface area contributed by atoms with Crippen molar-refractivity contribution in [2.45, 2.75) is 26.8 Å². The SMILES string of the molecule is CC(C)(C)C1COC([c-]2cccc2P(c2ccccc2)c2ccccc2)=N1.[Fe].[cH-]1[cH-][cH-][cH-][cH-]1. The minimum absolute atomic E-state index is 0. The molecule has 0 radical (unpaired) electrons. The number of nitrogens with zero attached hydrogens (tertiary/aromatic N) is 1. The predicted octanol–water partition coefficient (Wildman–Crippen LogP) is 5.76. The largest absolute Gasteiger partial charge is 0.748 e. The van der Waals surface area contributed by atoms with Gasteiger partial charge in [-0.25, -0.2) is 12.1 Å². The Labute approximate surface area is 209 Å². The van der Waals surface area contributed by atoms with Crippen LogP contribution in [0, 0.1) is 5.41 Å². The molecule has 4 heteroatoms. The molecule has 0 saturated carbocycles. The minimum Gasteiger partial charge on any atom is -0.748 e.